The number of ketones is 1. The molecule has 0 aliphatic rings. The SMILES string of the molecule is CC(=O)c1cc(O)c(C#N)cc1N. The standard InChI is InChI=1S/C9H8N2O2/c1-5(12)7-3-9(13)6(4-10)2-8(7)11/h2-3,13H,11H2,1H3. The van der Waals surface area contributed by atoms with Crippen LogP contribution in [-0.2, 0) is 0 Å². The third-order valence-corrected chi connectivity index (χ3v) is 1.67. The van der Waals surface area contributed by atoms with Gasteiger partial charge in [-0.25, -0.2) is 0 Å². The number of nitrogen functional groups attached to an aromatic ring is 1. The topological polar surface area (TPSA) is 87.1 Å². The van der Waals surface area contributed by atoms with Crippen LogP contribution in [0.2, 0.25) is 0 Å². The number of anilines is 1. The molecule has 0 amide bonds. The van der Waals surface area contributed by atoms with Gasteiger partial charge in [0.15, 0.2) is 5.78 Å². The maximum atomic E-state index is 10.9. The average Bonchev–Trinajstić information content (AvgIpc) is 2.07. The van der Waals surface area contributed by atoms with Gasteiger partial charge >= 0.3 is 0 Å². The Labute approximate surface area is 75.2 Å². The van der Waals surface area contributed by atoms with Crippen molar-refractivity contribution < 1.29 is 9.90 Å². The molecule has 4 heteroatoms. The minimum Gasteiger partial charge on any atom is -0.507 e. The van der Waals surface area contributed by atoms with Crippen LogP contribution in [-0.4, -0.2) is 10.9 Å². The van der Waals surface area contributed by atoms with Crippen molar-refractivity contribution in [1.82, 2.24) is 0 Å². The predicted octanol–water partition coefficient (Wildman–Crippen LogP) is 1.05. The van der Waals surface area contributed by atoms with Gasteiger partial charge in [-0.3, -0.25) is 4.79 Å². The highest BCUT2D eigenvalue weighted by molar-refractivity contribution is 5.99. The molecule has 0 radical (unpaired) electrons. The fourth-order valence-corrected chi connectivity index (χ4v) is 0.999. The number of phenols is 1. The Bertz CT molecular complexity index is 405. The normalized spacial score (nSPS) is 9.23. The first kappa shape index (κ1) is 9.07. The van der Waals surface area contributed by atoms with Crippen LogP contribution in [0, 0.1) is 11.3 Å². The molecule has 0 aliphatic heterocycles. The molecule has 0 bridgehead atoms. The summed E-state index contributed by atoms with van der Waals surface area (Å²) in [6, 6.07) is 4.25. The summed E-state index contributed by atoms with van der Waals surface area (Å²) in [5.74, 6) is -0.459. The Kier molecular flexibility index (Phi) is 2.20. The number of carbonyl (C=O) groups is 1. The van der Waals surface area contributed by atoms with Crippen LogP contribution in [0.4, 0.5) is 5.69 Å². The second kappa shape index (κ2) is 3.15. The number of rotatable bonds is 1. The molecule has 66 valence electrons. The molecule has 1 rings (SSSR count). The molecule has 0 saturated heterocycles. The van der Waals surface area contributed by atoms with Gasteiger partial charge in [-0.1, -0.05) is 0 Å². The molecule has 13 heavy (non-hydrogen) atoms. The van der Waals surface area contributed by atoms with E-state index in [1.54, 1.807) is 6.07 Å². The van der Waals surface area contributed by atoms with E-state index in [4.69, 9.17) is 11.0 Å². The van der Waals surface area contributed by atoms with Crippen LogP contribution in [0.15, 0.2) is 12.1 Å². The second-order valence-electron chi connectivity index (χ2n) is 2.62. The van der Waals surface area contributed by atoms with Crippen LogP contribution >= 0.6 is 0 Å². The zero-order chi connectivity index (χ0) is 10.0. The van der Waals surface area contributed by atoms with Gasteiger partial charge in [-0.05, 0) is 19.1 Å². The lowest BCUT2D eigenvalue weighted by Gasteiger charge is -2.03. The molecule has 0 unspecified atom stereocenters. The minimum atomic E-state index is -0.239. The van der Waals surface area contributed by atoms with E-state index in [9.17, 15) is 9.90 Å². The van der Waals surface area contributed by atoms with Crippen LogP contribution in [0.25, 0.3) is 0 Å². The van der Waals surface area contributed by atoms with Crippen molar-refractivity contribution in [3.63, 3.8) is 0 Å². The largest absolute Gasteiger partial charge is 0.507 e. The number of nitrogens with zero attached hydrogens (tertiary/aromatic N) is 1. The lowest BCUT2D eigenvalue weighted by atomic mass is 10.1. The summed E-state index contributed by atoms with van der Waals surface area (Å²) in [5, 5.41) is 17.8. The van der Waals surface area contributed by atoms with Crippen LogP contribution < -0.4 is 5.73 Å². The second-order valence-corrected chi connectivity index (χ2v) is 2.62. The van der Waals surface area contributed by atoms with E-state index < -0.39 is 0 Å². The Morgan fingerprint density at radius 1 is 1.62 bits per heavy atom. The summed E-state index contributed by atoms with van der Waals surface area (Å²) in [6.45, 7) is 1.34. The van der Waals surface area contributed by atoms with Crippen molar-refractivity contribution in [2.45, 2.75) is 6.92 Å². The zero-order valence-corrected chi connectivity index (χ0v) is 7.03. The molecule has 3 N–H and O–H groups in total. The van der Waals surface area contributed by atoms with Crippen molar-refractivity contribution in [3.05, 3.63) is 23.3 Å². The number of hydrogen-bond donors (Lipinski definition) is 2. The van der Waals surface area contributed by atoms with Crippen molar-refractivity contribution in [2.75, 3.05) is 5.73 Å². The fourth-order valence-electron chi connectivity index (χ4n) is 0.999. The minimum absolute atomic E-state index is 0.0718. The third-order valence-electron chi connectivity index (χ3n) is 1.67. The maximum Gasteiger partial charge on any atom is 0.162 e. The molecule has 0 saturated carbocycles. The molecular formula is C9H8N2O2. The molecule has 0 atom stereocenters. The number of hydrogen-bond acceptors (Lipinski definition) is 4. The van der Waals surface area contributed by atoms with E-state index in [2.05, 4.69) is 0 Å². The van der Waals surface area contributed by atoms with Gasteiger partial charge in [-0.15, -0.1) is 0 Å². The quantitative estimate of drug-likeness (QED) is 0.380. The van der Waals surface area contributed by atoms with Crippen LogP contribution in [0.1, 0.15) is 22.8 Å². The number of aromatic hydroxyl groups is 1. The highest BCUT2D eigenvalue weighted by Gasteiger charge is 2.09. The van der Waals surface area contributed by atoms with Gasteiger partial charge in [-0.2, -0.15) is 5.26 Å². The number of carbonyl (C=O) groups excluding carboxylic acids is 1. The molecule has 0 spiro atoms. The Morgan fingerprint density at radius 3 is 2.69 bits per heavy atom. The van der Waals surface area contributed by atoms with E-state index in [1.807, 2.05) is 0 Å². The van der Waals surface area contributed by atoms with Crippen LogP contribution in [0.5, 0.6) is 5.75 Å². The summed E-state index contributed by atoms with van der Waals surface area (Å²) in [4.78, 5) is 10.9. The van der Waals surface area contributed by atoms with Gasteiger partial charge in [0.05, 0.1) is 5.56 Å². The first-order valence-corrected chi connectivity index (χ1v) is 3.59. The number of Topliss-reactive ketones (excluding diaryl/α,β-unsaturated/α-hetero) is 1. The highest BCUT2D eigenvalue weighted by atomic mass is 16.3. The molecule has 0 aliphatic carbocycles. The van der Waals surface area contributed by atoms with Crippen molar-refractivity contribution >= 4 is 11.5 Å². The fraction of sp³-hybridized carbons (Fsp3) is 0.111. The molecule has 0 aromatic heterocycles. The highest BCUT2D eigenvalue weighted by Crippen LogP contribution is 2.23. The lowest BCUT2D eigenvalue weighted by molar-refractivity contribution is 0.101. The van der Waals surface area contributed by atoms with E-state index in [0.29, 0.717) is 0 Å². The lowest BCUT2D eigenvalue weighted by Crippen LogP contribution is -2.00. The number of benzene rings is 1. The molecule has 0 fully saturated rings. The van der Waals surface area contributed by atoms with E-state index in [0.717, 1.165) is 0 Å². The van der Waals surface area contributed by atoms with Gasteiger partial charge < -0.3 is 10.8 Å². The van der Waals surface area contributed by atoms with Crippen LogP contribution in [0.3, 0.4) is 0 Å². The van der Waals surface area contributed by atoms with Crippen molar-refractivity contribution in [2.24, 2.45) is 0 Å². The van der Waals surface area contributed by atoms with Crippen molar-refractivity contribution in [3.8, 4) is 11.8 Å². The summed E-state index contributed by atoms with van der Waals surface area (Å²) < 4.78 is 0. The Morgan fingerprint density at radius 2 is 2.23 bits per heavy atom. The first-order valence-electron chi connectivity index (χ1n) is 3.59. The third kappa shape index (κ3) is 1.59. The zero-order valence-electron chi connectivity index (χ0n) is 7.03. The summed E-state index contributed by atoms with van der Waals surface area (Å²) in [6.07, 6.45) is 0. The molecule has 0 heterocycles. The predicted molar refractivity (Wildman–Crippen MR) is 47.2 cm³/mol. The Hall–Kier alpha value is -2.02. The van der Waals surface area contributed by atoms with Gasteiger partial charge in [0.2, 0.25) is 0 Å². The molecular weight excluding hydrogens is 168 g/mol. The maximum absolute atomic E-state index is 10.9. The molecule has 1 aromatic rings. The Balaban J connectivity index is 3.39. The summed E-state index contributed by atoms with van der Waals surface area (Å²) in [7, 11) is 0. The van der Waals surface area contributed by atoms with Gasteiger partial charge in [0, 0.05) is 11.3 Å². The van der Waals surface area contributed by atoms with E-state index in [1.165, 1.54) is 19.1 Å². The number of phenolic OH excluding ortho intramolecular Hbond substituents is 1. The number of nitriles is 1. The monoisotopic (exact) mass is 176 g/mol. The molecule has 4 nitrogen and oxygen atoms in total. The molecule has 1 aromatic carbocycles. The van der Waals surface area contributed by atoms with Crippen molar-refractivity contribution in [1.29, 1.82) is 5.26 Å². The van der Waals surface area contributed by atoms with E-state index >= 15 is 0 Å². The summed E-state index contributed by atoms with van der Waals surface area (Å²) >= 11 is 0. The van der Waals surface area contributed by atoms with Gasteiger partial charge in [0.25, 0.3) is 0 Å². The van der Waals surface area contributed by atoms with Gasteiger partial charge in [0.1, 0.15) is 11.8 Å². The first-order chi connectivity index (χ1) is 6.06. The average molecular weight is 176 g/mol. The van der Waals surface area contributed by atoms with E-state index in [-0.39, 0.29) is 28.3 Å². The summed E-state index contributed by atoms with van der Waals surface area (Å²) in [5.41, 5.74) is 6.00. The smallest absolute Gasteiger partial charge is 0.162 e. The number of nitrogens with two attached hydrogens (primary N) is 1.